The average molecular weight is 412 g/mol. The molecule has 0 aliphatic carbocycles. The third-order valence-corrected chi connectivity index (χ3v) is 5.43. The second-order valence-corrected chi connectivity index (χ2v) is 7.64. The van der Waals surface area contributed by atoms with Crippen molar-refractivity contribution >= 4 is 17.8 Å². The van der Waals surface area contributed by atoms with Crippen molar-refractivity contribution < 1.29 is 27.6 Å². The number of nitrogens with zero attached hydrogens (tertiary/aromatic N) is 3. The van der Waals surface area contributed by atoms with Crippen LogP contribution in [0.2, 0.25) is 0 Å². The van der Waals surface area contributed by atoms with Crippen molar-refractivity contribution in [3.05, 3.63) is 35.4 Å². The number of carbonyl (C=O) groups excluding carboxylic acids is 3. The van der Waals surface area contributed by atoms with E-state index in [1.165, 1.54) is 33.9 Å². The van der Waals surface area contributed by atoms with Gasteiger partial charge in [-0.25, -0.2) is 4.79 Å². The van der Waals surface area contributed by atoms with Crippen molar-refractivity contribution in [2.24, 2.45) is 0 Å². The summed E-state index contributed by atoms with van der Waals surface area (Å²) >= 11 is 0. The van der Waals surface area contributed by atoms with E-state index in [0.717, 1.165) is 12.1 Å². The van der Waals surface area contributed by atoms with Crippen LogP contribution < -0.4 is 5.32 Å². The zero-order chi connectivity index (χ0) is 21.6. The Kier molecular flexibility index (Phi) is 5.22. The first-order chi connectivity index (χ1) is 13.5. The summed E-state index contributed by atoms with van der Waals surface area (Å²) in [6.45, 7) is 3.59. The Bertz CT molecular complexity index is 817. The van der Waals surface area contributed by atoms with Gasteiger partial charge in [-0.3, -0.25) is 9.59 Å². The van der Waals surface area contributed by atoms with E-state index < -0.39 is 17.3 Å². The van der Waals surface area contributed by atoms with Crippen molar-refractivity contribution in [3.8, 4) is 0 Å². The molecule has 2 fully saturated rings. The summed E-state index contributed by atoms with van der Waals surface area (Å²) in [4.78, 5) is 42.3. The molecule has 158 valence electrons. The molecule has 0 aromatic heterocycles. The number of urea groups is 1. The number of amides is 4. The topological polar surface area (TPSA) is 73.0 Å². The summed E-state index contributed by atoms with van der Waals surface area (Å²) in [5.74, 6) is -0.547. The molecule has 1 aromatic rings. The highest BCUT2D eigenvalue weighted by atomic mass is 19.4. The number of carbonyl (C=O) groups is 3. The van der Waals surface area contributed by atoms with Crippen molar-refractivity contribution in [2.45, 2.75) is 38.1 Å². The zero-order valence-electron chi connectivity index (χ0n) is 16.4. The lowest BCUT2D eigenvalue weighted by molar-refractivity contribution is -0.178. The molecule has 2 heterocycles. The molecule has 29 heavy (non-hydrogen) atoms. The van der Waals surface area contributed by atoms with Gasteiger partial charge < -0.3 is 20.0 Å². The van der Waals surface area contributed by atoms with Gasteiger partial charge in [0.2, 0.25) is 5.91 Å². The fourth-order valence-electron chi connectivity index (χ4n) is 3.76. The van der Waals surface area contributed by atoms with Gasteiger partial charge in [0, 0.05) is 19.6 Å². The van der Waals surface area contributed by atoms with E-state index in [4.69, 9.17) is 0 Å². The average Bonchev–Trinajstić information content (AvgIpc) is 2.62. The third-order valence-electron chi connectivity index (χ3n) is 5.43. The van der Waals surface area contributed by atoms with Crippen LogP contribution in [0.3, 0.4) is 0 Å². The first-order valence-corrected chi connectivity index (χ1v) is 9.24. The largest absolute Gasteiger partial charge is 0.416 e. The molecule has 0 saturated carbocycles. The second kappa shape index (κ2) is 7.23. The highest BCUT2D eigenvalue weighted by molar-refractivity contribution is 6.00. The standard InChI is InChI=1S/C19H23F3N4O3/c1-12(2)25-9-15(27)26(8-13-4-6-14(7-5-13)19(20,21)22)18(16(25)28)10-24(11-18)17(29)23-3/h4-7,12H,8-11H2,1-3H3,(H,23,29). The minimum Gasteiger partial charge on any atom is -0.341 e. The fourth-order valence-corrected chi connectivity index (χ4v) is 3.76. The van der Waals surface area contributed by atoms with Crippen LogP contribution in [0.1, 0.15) is 25.0 Å². The summed E-state index contributed by atoms with van der Waals surface area (Å²) in [5, 5.41) is 2.49. The Hall–Kier alpha value is -2.78. The van der Waals surface area contributed by atoms with Gasteiger partial charge in [-0.2, -0.15) is 13.2 Å². The first kappa shape index (κ1) is 20.9. The van der Waals surface area contributed by atoms with E-state index in [1.54, 1.807) is 13.8 Å². The highest BCUT2D eigenvalue weighted by Crippen LogP contribution is 2.36. The Morgan fingerprint density at radius 1 is 1.17 bits per heavy atom. The lowest BCUT2D eigenvalue weighted by Crippen LogP contribution is -2.81. The number of alkyl halides is 3. The van der Waals surface area contributed by atoms with E-state index in [1.807, 2.05) is 0 Å². The summed E-state index contributed by atoms with van der Waals surface area (Å²) in [6.07, 6.45) is -4.45. The van der Waals surface area contributed by atoms with Gasteiger partial charge in [0.15, 0.2) is 5.54 Å². The number of rotatable bonds is 3. The molecule has 1 N–H and O–H groups in total. The molecular weight excluding hydrogens is 389 g/mol. The maximum atomic E-state index is 13.2. The molecule has 7 nitrogen and oxygen atoms in total. The smallest absolute Gasteiger partial charge is 0.341 e. The Morgan fingerprint density at radius 3 is 2.24 bits per heavy atom. The summed E-state index contributed by atoms with van der Waals surface area (Å²) < 4.78 is 38.4. The number of benzene rings is 1. The maximum absolute atomic E-state index is 13.2. The Labute approximate surface area is 166 Å². The molecule has 0 bridgehead atoms. The van der Waals surface area contributed by atoms with Crippen LogP contribution >= 0.6 is 0 Å². The van der Waals surface area contributed by atoms with E-state index in [2.05, 4.69) is 5.32 Å². The third kappa shape index (κ3) is 3.63. The Morgan fingerprint density at radius 2 is 1.76 bits per heavy atom. The van der Waals surface area contributed by atoms with Crippen molar-refractivity contribution in [1.29, 1.82) is 0 Å². The number of hydrogen-bond donors (Lipinski definition) is 1. The summed E-state index contributed by atoms with van der Waals surface area (Å²) in [7, 11) is 1.47. The number of piperazine rings is 1. The van der Waals surface area contributed by atoms with Gasteiger partial charge in [-0.15, -0.1) is 0 Å². The van der Waals surface area contributed by atoms with E-state index in [9.17, 15) is 27.6 Å². The van der Waals surface area contributed by atoms with E-state index in [-0.39, 0.29) is 50.1 Å². The van der Waals surface area contributed by atoms with Crippen LogP contribution in [0.25, 0.3) is 0 Å². The molecule has 2 saturated heterocycles. The lowest BCUT2D eigenvalue weighted by Gasteiger charge is -2.58. The van der Waals surface area contributed by atoms with E-state index in [0.29, 0.717) is 5.56 Å². The van der Waals surface area contributed by atoms with Gasteiger partial charge in [-0.05, 0) is 31.5 Å². The molecule has 2 aliphatic rings. The Balaban J connectivity index is 1.88. The number of halogens is 3. The van der Waals surface area contributed by atoms with Crippen molar-refractivity contribution in [1.82, 2.24) is 20.0 Å². The fraction of sp³-hybridized carbons (Fsp3) is 0.526. The van der Waals surface area contributed by atoms with Crippen LogP contribution in [0.5, 0.6) is 0 Å². The van der Waals surface area contributed by atoms with Crippen LogP contribution in [0, 0.1) is 0 Å². The van der Waals surface area contributed by atoms with Crippen molar-refractivity contribution in [3.63, 3.8) is 0 Å². The lowest BCUT2D eigenvalue weighted by atomic mass is 9.83. The maximum Gasteiger partial charge on any atom is 0.416 e. The van der Waals surface area contributed by atoms with Crippen LogP contribution in [-0.2, 0) is 22.3 Å². The second-order valence-electron chi connectivity index (χ2n) is 7.64. The van der Waals surface area contributed by atoms with Gasteiger partial charge in [0.25, 0.3) is 5.91 Å². The SMILES string of the molecule is CNC(=O)N1CC2(C1)C(=O)N(C(C)C)CC(=O)N2Cc1ccc(C(F)(F)F)cc1. The van der Waals surface area contributed by atoms with Crippen LogP contribution in [0.4, 0.5) is 18.0 Å². The van der Waals surface area contributed by atoms with Gasteiger partial charge in [-0.1, -0.05) is 12.1 Å². The molecule has 1 spiro atoms. The van der Waals surface area contributed by atoms with Crippen molar-refractivity contribution in [2.75, 3.05) is 26.7 Å². The molecule has 10 heteroatoms. The molecule has 0 atom stereocenters. The number of likely N-dealkylation sites (tertiary alicyclic amines) is 1. The van der Waals surface area contributed by atoms with Gasteiger partial charge in [0.1, 0.15) is 6.54 Å². The predicted molar refractivity (Wildman–Crippen MR) is 97.6 cm³/mol. The van der Waals surface area contributed by atoms with E-state index >= 15 is 0 Å². The van der Waals surface area contributed by atoms with Crippen LogP contribution in [-0.4, -0.2) is 70.8 Å². The highest BCUT2D eigenvalue weighted by Gasteiger charge is 2.60. The summed E-state index contributed by atoms with van der Waals surface area (Å²) in [6, 6.07) is 3.97. The molecular formula is C19H23F3N4O3. The molecule has 1 aromatic carbocycles. The molecule has 4 amide bonds. The molecule has 2 aliphatic heterocycles. The molecule has 0 radical (unpaired) electrons. The predicted octanol–water partition coefficient (Wildman–Crippen LogP) is 1.68. The molecule has 3 rings (SSSR count). The minimum atomic E-state index is -4.45. The molecule has 0 unspecified atom stereocenters. The minimum absolute atomic E-state index is 0.00374. The number of nitrogens with one attached hydrogen (secondary N) is 1. The monoisotopic (exact) mass is 412 g/mol. The number of hydrogen-bond acceptors (Lipinski definition) is 3. The van der Waals surface area contributed by atoms with Gasteiger partial charge in [0.05, 0.1) is 18.7 Å². The summed E-state index contributed by atoms with van der Waals surface area (Å²) in [5.41, 5.74) is -1.50. The quantitative estimate of drug-likeness (QED) is 0.821. The van der Waals surface area contributed by atoms with Crippen LogP contribution in [0.15, 0.2) is 24.3 Å². The first-order valence-electron chi connectivity index (χ1n) is 9.24. The zero-order valence-corrected chi connectivity index (χ0v) is 16.4. The normalized spacial score (nSPS) is 19.1. The van der Waals surface area contributed by atoms with Gasteiger partial charge >= 0.3 is 12.2 Å².